The maximum atomic E-state index is 14.6. The Bertz CT molecular complexity index is 1120. The van der Waals surface area contributed by atoms with Crippen LogP contribution in [0.25, 0.3) is 10.9 Å². The van der Waals surface area contributed by atoms with Crippen molar-refractivity contribution in [1.29, 1.82) is 0 Å². The maximum absolute atomic E-state index is 14.6. The lowest BCUT2D eigenvalue weighted by Gasteiger charge is -2.26. The van der Waals surface area contributed by atoms with E-state index in [0.717, 1.165) is 16.5 Å². The zero-order chi connectivity index (χ0) is 20.5. The van der Waals surface area contributed by atoms with Gasteiger partial charge in [-0.25, -0.2) is 17.1 Å². The van der Waals surface area contributed by atoms with Crippen LogP contribution in [-0.4, -0.2) is 43.9 Å². The Labute approximate surface area is 178 Å². The largest absolute Gasteiger partial charge is 0.359 e. The first-order valence-electron chi connectivity index (χ1n) is 9.07. The van der Waals surface area contributed by atoms with E-state index in [1.807, 2.05) is 13.1 Å². The Kier molecular flexibility index (Phi) is 6.03. The van der Waals surface area contributed by atoms with E-state index in [-0.39, 0.29) is 9.79 Å². The Hall–Kier alpha value is -1.78. The summed E-state index contributed by atoms with van der Waals surface area (Å²) < 4.78 is 44.7. The monoisotopic (exact) mass is 454 g/mol. The molecule has 0 spiro atoms. The number of nitrogens with zero attached hydrogens (tertiary/aromatic N) is 1. The van der Waals surface area contributed by atoms with Gasteiger partial charge >= 0.3 is 0 Å². The van der Waals surface area contributed by atoms with Crippen LogP contribution in [0.3, 0.4) is 0 Å². The number of anilines is 1. The number of nitrogens with one attached hydrogen (secondary N) is 3. The number of aromatic amines is 1. The predicted octanol–water partition coefficient (Wildman–Crippen LogP) is 3.33. The molecular formula is C19H20ClFN4O2S2. The van der Waals surface area contributed by atoms with Crippen molar-refractivity contribution >= 4 is 50.2 Å². The van der Waals surface area contributed by atoms with Gasteiger partial charge in [-0.1, -0.05) is 11.6 Å². The molecule has 29 heavy (non-hydrogen) atoms. The molecule has 0 radical (unpaired) electrons. The number of benzene rings is 2. The zero-order valence-corrected chi connectivity index (χ0v) is 18.0. The Morgan fingerprint density at radius 1 is 1.17 bits per heavy atom. The van der Waals surface area contributed by atoms with Gasteiger partial charge in [-0.05, 0) is 42.8 Å². The van der Waals surface area contributed by atoms with Crippen molar-refractivity contribution in [3.05, 3.63) is 52.9 Å². The zero-order valence-electron chi connectivity index (χ0n) is 15.6. The number of hydrogen-bond donors (Lipinski definition) is 3. The highest BCUT2D eigenvalue weighted by atomic mass is 35.5. The van der Waals surface area contributed by atoms with Gasteiger partial charge in [0.2, 0.25) is 0 Å². The Morgan fingerprint density at radius 3 is 2.66 bits per heavy atom. The highest BCUT2D eigenvalue weighted by Gasteiger charge is 2.21. The second-order valence-electron chi connectivity index (χ2n) is 6.71. The molecule has 1 saturated heterocycles. The van der Waals surface area contributed by atoms with Crippen LogP contribution < -0.4 is 10.0 Å². The first-order valence-corrected chi connectivity index (χ1v) is 11.7. The standard InChI is InChI=1S/C19H20ClFN4O2S2/c1-12-11-23-19-16(4-3-14(20)18(12)19)24-28(26)13-2-5-17(15(21)10-13)29(27)25-8-6-22-7-9-25/h2-5,10-11,22-24H,6-9H2,1H3. The number of aromatic nitrogens is 1. The van der Waals surface area contributed by atoms with Crippen LogP contribution in [0, 0.1) is 12.7 Å². The highest BCUT2D eigenvalue weighted by Crippen LogP contribution is 2.32. The van der Waals surface area contributed by atoms with Gasteiger partial charge in [0.1, 0.15) is 27.8 Å². The van der Waals surface area contributed by atoms with Gasteiger partial charge in [-0.3, -0.25) is 4.72 Å². The van der Waals surface area contributed by atoms with Gasteiger partial charge in [-0.2, -0.15) is 0 Å². The van der Waals surface area contributed by atoms with Crippen LogP contribution in [-0.2, 0) is 22.0 Å². The molecule has 2 atom stereocenters. The Morgan fingerprint density at radius 2 is 1.93 bits per heavy atom. The van der Waals surface area contributed by atoms with E-state index in [0.29, 0.717) is 36.9 Å². The second-order valence-corrected chi connectivity index (χ2v) is 9.78. The lowest BCUT2D eigenvalue weighted by atomic mass is 10.2. The third-order valence-corrected chi connectivity index (χ3v) is 7.74. The molecule has 0 bridgehead atoms. The summed E-state index contributed by atoms with van der Waals surface area (Å²) in [6.07, 6.45) is 1.82. The van der Waals surface area contributed by atoms with Crippen LogP contribution in [0.5, 0.6) is 0 Å². The van der Waals surface area contributed by atoms with Crippen molar-refractivity contribution in [2.45, 2.75) is 16.7 Å². The molecule has 2 heterocycles. The molecule has 0 saturated carbocycles. The molecule has 2 unspecified atom stereocenters. The van der Waals surface area contributed by atoms with E-state index in [2.05, 4.69) is 15.0 Å². The van der Waals surface area contributed by atoms with Crippen LogP contribution in [0.15, 0.2) is 46.3 Å². The summed E-state index contributed by atoms with van der Waals surface area (Å²) >= 11 is 6.25. The molecule has 10 heteroatoms. The number of halogens is 2. The molecule has 6 nitrogen and oxygen atoms in total. The van der Waals surface area contributed by atoms with Crippen molar-refractivity contribution < 1.29 is 12.8 Å². The first kappa shape index (κ1) is 20.5. The van der Waals surface area contributed by atoms with E-state index in [1.54, 1.807) is 16.4 Å². The second kappa shape index (κ2) is 8.53. The summed E-state index contributed by atoms with van der Waals surface area (Å²) in [5, 5.41) is 4.62. The number of piperazine rings is 1. The van der Waals surface area contributed by atoms with Gasteiger partial charge in [-0.15, -0.1) is 0 Å². The number of H-pyrrole nitrogens is 1. The molecule has 0 amide bonds. The molecule has 1 aliphatic rings. The normalized spacial score (nSPS) is 17.3. The quantitative estimate of drug-likeness (QED) is 0.553. The fraction of sp³-hybridized carbons (Fsp3) is 0.263. The van der Waals surface area contributed by atoms with E-state index < -0.39 is 27.8 Å². The number of hydrogen-bond acceptors (Lipinski definition) is 3. The van der Waals surface area contributed by atoms with Crippen LogP contribution in [0.2, 0.25) is 5.02 Å². The fourth-order valence-corrected chi connectivity index (χ4v) is 5.70. The molecule has 0 aliphatic carbocycles. The minimum absolute atomic E-state index is 0.0986. The third kappa shape index (κ3) is 4.10. The molecule has 3 N–H and O–H groups in total. The van der Waals surface area contributed by atoms with Crippen molar-refractivity contribution in [3.63, 3.8) is 0 Å². The van der Waals surface area contributed by atoms with Crippen LogP contribution in [0.1, 0.15) is 5.56 Å². The minimum Gasteiger partial charge on any atom is -0.359 e. The van der Waals surface area contributed by atoms with Gasteiger partial charge in [0.05, 0.1) is 26.0 Å². The average Bonchev–Trinajstić information content (AvgIpc) is 3.13. The number of rotatable bonds is 5. The molecule has 2 aromatic carbocycles. The van der Waals surface area contributed by atoms with Crippen molar-refractivity contribution in [2.75, 3.05) is 30.9 Å². The van der Waals surface area contributed by atoms with E-state index in [1.165, 1.54) is 18.2 Å². The summed E-state index contributed by atoms with van der Waals surface area (Å²) in [5.41, 5.74) is 2.31. The summed E-state index contributed by atoms with van der Waals surface area (Å²) in [6, 6.07) is 7.60. The van der Waals surface area contributed by atoms with E-state index in [9.17, 15) is 12.8 Å². The lowest BCUT2D eigenvalue weighted by Crippen LogP contribution is -2.44. The highest BCUT2D eigenvalue weighted by molar-refractivity contribution is 7.86. The summed E-state index contributed by atoms with van der Waals surface area (Å²) in [7, 11) is -3.28. The molecule has 1 aliphatic heterocycles. The molecular weight excluding hydrogens is 435 g/mol. The first-order chi connectivity index (χ1) is 14.0. The summed E-state index contributed by atoms with van der Waals surface area (Å²) in [6.45, 7) is 4.53. The number of fused-ring (bicyclic) bond motifs is 1. The SMILES string of the molecule is Cc1c[nH]c2c(NS(=O)c3ccc(S(=O)N4CCNCC4)c(F)c3)ccc(Cl)c12. The van der Waals surface area contributed by atoms with Crippen LogP contribution in [0.4, 0.5) is 10.1 Å². The van der Waals surface area contributed by atoms with Crippen LogP contribution >= 0.6 is 11.6 Å². The summed E-state index contributed by atoms with van der Waals surface area (Å²) in [5.74, 6) is -0.633. The molecule has 154 valence electrons. The van der Waals surface area contributed by atoms with Crippen molar-refractivity contribution in [1.82, 2.24) is 14.6 Å². The lowest BCUT2D eigenvalue weighted by molar-refractivity contribution is 0.379. The fourth-order valence-electron chi connectivity index (χ4n) is 3.30. The molecule has 1 fully saturated rings. The van der Waals surface area contributed by atoms with Crippen molar-refractivity contribution in [2.24, 2.45) is 0 Å². The third-order valence-electron chi connectivity index (χ3n) is 4.80. The van der Waals surface area contributed by atoms with E-state index >= 15 is 0 Å². The van der Waals surface area contributed by atoms with Gasteiger partial charge in [0, 0.05) is 37.8 Å². The predicted molar refractivity (Wildman–Crippen MR) is 115 cm³/mol. The number of aryl methyl sites for hydroxylation is 1. The van der Waals surface area contributed by atoms with Gasteiger partial charge in [0.25, 0.3) is 0 Å². The topological polar surface area (TPSA) is 77.2 Å². The molecule has 3 aromatic rings. The van der Waals surface area contributed by atoms with Gasteiger partial charge in [0.15, 0.2) is 0 Å². The van der Waals surface area contributed by atoms with Crippen molar-refractivity contribution in [3.8, 4) is 0 Å². The van der Waals surface area contributed by atoms with E-state index in [4.69, 9.17) is 11.6 Å². The smallest absolute Gasteiger partial charge is 0.150 e. The molecule has 1 aromatic heterocycles. The molecule has 4 rings (SSSR count). The summed E-state index contributed by atoms with van der Waals surface area (Å²) in [4.78, 5) is 3.48. The maximum Gasteiger partial charge on any atom is 0.150 e. The average molecular weight is 455 g/mol. The Balaban J connectivity index is 1.56. The van der Waals surface area contributed by atoms with Gasteiger partial charge < -0.3 is 10.3 Å². The minimum atomic E-state index is -1.70.